The van der Waals surface area contributed by atoms with Crippen molar-refractivity contribution in [1.82, 2.24) is 9.80 Å². The highest BCUT2D eigenvalue weighted by Crippen LogP contribution is 2.45. The number of nitrogens with zero attached hydrogens (tertiary/aromatic N) is 2. The van der Waals surface area contributed by atoms with Crippen molar-refractivity contribution in [3.63, 3.8) is 0 Å². The molecular formula is C28H32ClF2N3O4. The summed E-state index contributed by atoms with van der Waals surface area (Å²) < 4.78 is 26.7. The minimum Gasteiger partial charge on any atom is -0.389 e. The van der Waals surface area contributed by atoms with E-state index in [4.69, 9.17) is 11.6 Å². The Balaban J connectivity index is 1.15. The highest BCUT2D eigenvalue weighted by atomic mass is 35.5. The molecule has 1 spiro atoms. The Bertz CT molecular complexity index is 1220. The van der Waals surface area contributed by atoms with Crippen molar-refractivity contribution in [3.05, 3.63) is 70.3 Å². The van der Waals surface area contributed by atoms with Gasteiger partial charge in [0.2, 0.25) is 5.91 Å². The molecule has 204 valence electrons. The standard InChI is InChI=1S/C28H32ClF2N3O4/c29-19-2-3-22-23(13-19)32-17-27(22)5-8-33(9-6-27)15-24(35)28(38)7-10-34(16-25(28)36)26(37)4-1-18-11-20(30)14-21(31)12-18/h1-4,11-14,24-25,32,35-36,38H,5-10,15-17H2/t24-,25-,28-/m1/s1. The number of hydrogen-bond acceptors (Lipinski definition) is 6. The molecule has 3 aliphatic rings. The van der Waals surface area contributed by atoms with Gasteiger partial charge in [-0.2, -0.15) is 0 Å². The lowest BCUT2D eigenvalue weighted by Gasteiger charge is -2.46. The minimum absolute atomic E-state index is 0.000656. The maximum atomic E-state index is 13.4. The van der Waals surface area contributed by atoms with Gasteiger partial charge in [0.1, 0.15) is 23.3 Å². The summed E-state index contributed by atoms with van der Waals surface area (Å²) in [6.07, 6.45) is 1.73. The second-order valence-corrected chi connectivity index (χ2v) is 11.2. The highest BCUT2D eigenvalue weighted by molar-refractivity contribution is 6.30. The predicted octanol–water partition coefficient (Wildman–Crippen LogP) is 2.78. The van der Waals surface area contributed by atoms with Gasteiger partial charge in [-0.3, -0.25) is 4.79 Å². The number of rotatable bonds is 5. The third-order valence-corrected chi connectivity index (χ3v) is 8.59. The summed E-state index contributed by atoms with van der Waals surface area (Å²) in [5.74, 6) is -1.95. The summed E-state index contributed by atoms with van der Waals surface area (Å²) in [4.78, 5) is 16.0. The van der Waals surface area contributed by atoms with Crippen molar-refractivity contribution < 1.29 is 28.9 Å². The van der Waals surface area contributed by atoms with Crippen LogP contribution >= 0.6 is 11.6 Å². The molecule has 2 fully saturated rings. The number of carbonyl (C=O) groups is 1. The fourth-order valence-electron chi connectivity index (χ4n) is 5.97. The number of carbonyl (C=O) groups excluding carboxylic acids is 1. The average molecular weight is 548 g/mol. The van der Waals surface area contributed by atoms with Gasteiger partial charge in [0.05, 0.1) is 6.10 Å². The summed E-state index contributed by atoms with van der Waals surface area (Å²) in [6.45, 7) is 2.49. The highest BCUT2D eigenvalue weighted by Gasteiger charge is 2.48. The van der Waals surface area contributed by atoms with Gasteiger partial charge in [-0.15, -0.1) is 0 Å². The Hall–Kier alpha value is -2.56. The number of likely N-dealkylation sites (tertiary alicyclic amines) is 2. The van der Waals surface area contributed by atoms with E-state index in [0.29, 0.717) is 5.02 Å². The number of β-amino-alcohol motifs (C(OH)–C–C–N with tert-alkyl or cyclic N) is 2. The van der Waals surface area contributed by atoms with Crippen LogP contribution in [0.25, 0.3) is 6.08 Å². The van der Waals surface area contributed by atoms with Crippen molar-refractivity contribution in [2.75, 3.05) is 44.6 Å². The number of amides is 1. The van der Waals surface area contributed by atoms with Crippen molar-refractivity contribution in [2.24, 2.45) is 0 Å². The van der Waals surface area contributed by atoms with Crippen LogP contribution in [-0.4, -0.2) is 88.1 Å². The third kappa shape index (κ3) is 5.31. The third-order valence-electron chi connectivity index (χ3n) is 8.36. The van der Waals surface area contributed by atoms with Crippen LogP contribution in [0.2, 0.25) is 5.02 Å². The molecule has 0 bridgehead atoms. The number of fused-ring (bicyclic) bond motifs is 2. The number of aliphatic hydroxyl groups excluding tert-OH is 2. The smallest absolute Gasteiger partial charge is 0.246 e. The molecule has 7 nitrogen and oxygen atoms in total. The van der Waals surface area contributed by atoms with Crippen LogP contribution in [-0.2, 0) is 10.2 Å². The van der Waals surface area contributed by atoms with Gasteiger partial charge in [0, 0.05) is 54.4 Å². The maximum Gasteiger partial charge on any atom is 0.246 e. The normalized spacial score (nSPS) is 25.9. The molecule has 2 aromatic rings. The van der Waals surface area contributed by atoms with Crippen LogP contribution in [0.15, 0.2) is 42.5 Å². The van der Waals surface area contributed by atoms with Crippen LogP contribution in [0.5, 0.6) is 0 Å². The van der Waals surface area contributed by atoms with E-state index in [1.807, 2.05) is 12.1 Å². The first kappa shape index (κ1) is 27.0. The van der Waals surface area contributed by atoms with Crippen molar-refractivity contribution in [3.8, 4) is 0 Å². The SMILES string of the molecule is O=C(C=Cc1cc(F)cc(F)c1)N1CC[C@@](O)([C@H](O)CN2CCC3(CC2)CNc2cc(Cl)ccc23)[C@H](O)C1. The second-order valence-electron chi connectivity index (χ2n) is 10.7. The van der Waals surface area contributed by atoms with E-state index in [1.165, 1.54) is 22.6 Å². The van der Waals surface area contributed by atoms with E-state index in [1.54, 1.807) is 0 Å². The molecule has 1 amide bonds. The van der Waals surface area contributed by atoms with Gasteiger partial charge in [-0.25, -0.2) is 8.78 Å². The largest absolute Gasteiger partial charge is 0.389 e. The van der Waals surface area contributed by atoms with Gasteiger partial charge < -0.3 is 30.4 Å². The van der Waals surface area contributed by atoms with Crippen molar-refractivity contribution in [2.45, 2.75) is 42.5 Å². The van der Waals surface area contributed by atoms with E-state index in [9.17, 15) is 28.9 Å². The fraction of sp³-hybridized carbons (Fsp3) is 0.464. The number of aliphatic hydroxyl groups is 3. The molecule has 5 rings (SSSR count). The zero-order valence-corrected chi connectivity index (χ0v) is 21.7. The molecule has 0 unspecified atom stereocenters. The molecule has 0 aliphatic carbocycles. The average Bonchev–Trinajstić information content (AvgIpc) is 3.22. The fourth-order valence-corrected chi connectivity index (χ4v) is 6.14. The summed E-state index contributed by atoms with van der Waals surface area (Å²) in [5.41, 5.74) is 0.810. The number of halogens is 3. The summed E-state index contributed by atoms with van der Waals surface area (Å²) in [7, 11) is 0. The summed E-state index contributed by atoms with van der Waals surface area (Å²) in [5, 5.41) is 37.0. The van der Waals surface area contributed by atoms with Crippen LogP contribution < -0.4 is 5.32 Å². The minimum atomic E-state index is -1.75. The number of benzene rings is 2. The zero-order valence-electron chi connectivity index (χ0n) is 20.9. The Labute approximate surface area is 225 Å². The number of hydrogen-bond donors (Lipinski definition) is 4. The Morgan fingerprint density at radius 1 is 1.13 bits per heavy atom. The molecule has 4 N–H and O–H groups in total. The van der Waals surface area contributed by atoms with Crippen LogP contribution in [0, 0.1) is 11.6 Å². The first-order valence-electron chi connectivity index (χ1n) is 12.9. The molecule has 3 heterocycles. The van der Waals surface area contributed by atoms with E-state index in [-0.39, 0.29) is 37.0 Å². The van der Waals surface area contributed by atoms with E-state index < -0.39 is 35.4 Å². The Kier molecular flexibility index (Phi) is 7.50. The van der Waals surface area contributed by atoms with Gasteiger partial charge in [0.15, 0.2) is 0 Å². The lowest BCUT2D eigenvalue weighted by atomic mass is 9.74. The molecule has 0 saturated carbocycles. The Morgan fingerprint density at radius 3 is 2.53 bits per heavy atom. The van der Waals surface area contributed by atoms with Gasteiger partial charge >= 0.3 is 0 Å². The lowest BCUT2D eigenvalue weighted by Crippen LogP contribution is -2.64. The number of nitrogens with one attached hydrogen (secondary N) is 1. The molecule has 3 atom stereocenters. The maximum absolute atomic E-state index is 13.4. The molecule has 38 heavy (non-hydrogen) atoms. The molecule has 0 radical (unpaired) electrons. The molecule has 3 aliphatic heterocycles. The molecule has 10 heteroatoms. The van der Waals surface area contributed by atoms with Gasteiger partial charge in [0.25, 0.3) is 0 Å². The first-order valence-corrected chi connectivity index (χ1v) is 13.2. The molecular weight excluding hydrogens is 516 g/mol. The number of piperidine rings is 2. The van der Waals surface area contributed by atoms with E-state index in [0.717, 1.165) is 56.4 Å². The quantitative estimate of drug-likeness (QED) is 0.430. The lowest BCUT2D eigenvalue weighted by molar-refractivity contribution is -0.183. The van der Waals surface area contributed by atoms with Crippen LogP contribution in [0.4, 0.5) is 14.5 Å². The molecule has 2 saturated heterocycles. The number of anilines is 1. The van der Waals surface area contributed by atoms with Crippen LogP contribution in [0.3, 0.4) is 0 Å². The van der Waals surface area contributed by atoms with Crippen molar-refractivity contribution in [1.29, 1.82) is 0 Å². The summed E-state index contributed by atoms with van der Waals surface area (Å²) >= 11 is 6.14. The van der Waals surface area contributed by atoms with Gasteiger partial charge in [-0.1, -0.05) is 17.7 Å². The Morgan fingerprint density at radius 2 is 1.84 bits per heavy atom. The second kappa shape index (κ2) is 10.5. The molecule has 2 aromatic carbocycles. The van der Waals surface area contributed by atoms with Gasteiger partial charge in [-0.05, 0) is 73.8 Å². The monoisotopic (exact) mass is 547 g/mol. The van der Waals surface area contributed by atoms with E-state index >= 15 is 0 Å². The topological polar surface area (TPSA) is 96.3 Å². The van der Waals surface area contributed by atoms with Crippen LogP contribution in [0.1, 0.15) is 30.4 Å². The zero-order chi connectivity index (χ0) is 27.1. The first-order chi connectivity index (χ1) is 18.1. The van der Waals surface area contributed by atoms with E-state index in [2.05, 4.69) is 16.3 Å². The molecule has 0 aromatic heterocycles. The predicted molar refractivity (Wildman–Crippen MR) is 141 cm³/mol. The van der Waals surface area contributed by atoms with Crippen molar-refractivity contribution >= 4 is 29.3 Å². The summed E-state index contributed by atoms with van der Waals surface area (Å²) in [6, 6.07) is 8.90.